The molecule has 0 N–H and O–H groups in total. The zero-order valence-electron chi connectivity index (χ0n) is 11.4. The van der Waals surface area contributed by atoms with Gasteiger partial charge in [-0.05, 0) is 12.1 Å². The molecule has 0 amide bonds. The van der Waals surface area contributed by atoms with Crippen molar-refractivity contribution in [2.24, 2.45) is 0 Å². The number of hydrogen-bond donors (Lipinski definition) is 0. The third kappa shape index (κ3) is 1.82. The molecule has 0 bridgehead atoms. The van der Waals surface area contributed by atoms with Crippen molar-refractivity contribution in [3.8, 4) is 17.1 Å². The molecule has 3 aromatic heterocycles. The molecule has 3 heterocycles. The van der Waals surface area contributed by atoms with Crippen molar-refractivity contribution in [3.63, 3.8) is 0 Å². The van der Waals surface area contributed by atoms with Gasteiger partial charge in [-0.25, -0.2) is 9.97 Å². The molecule has 0 atom stereocenters. The van der Waals surface area contributed by atoms with E-state index in [0.29, 0.717) is 5.88 Å². The lowest BCUT2D eigenvalue weighted by Crippen LogP contribution is -1.95. The largest absolute Gasteiger partial charge is 0.480 e. The fraction of sp³-hybridized carbons (Fsp3) is 0.0625. The predicted octanol–water partition coefficient (Wildman–Crippen LogP) is 2.95. The lowest BCUT2D eigenvalue weighted by Gasteiger charge is -2.09. The second-order valence-corrected chi connectivity index (χ2v) is 4.69. The zero-order chi connectivity index (χ0) is 14.2. The molecule has 0 saturated heterocycles. The average Bonchev–Trinajstić information content (AvgIpc) is 2.97. The van der Waals surface area contributed by atoms with E-state index in [1.807, 2.05) is 41.1 Å². The Kier molecular flexibility index (Phi) is 2.57. The van der Waals surface area contributed by atoms with Crippen LogP contribution in [-0.2, 0) is 0 Å². The van der Waals surface area contributed by atoms with Crippen molar-refractivity contribution in [2.75, 3.05) is 7.11 Å². The van der Waals surface area contributed by atoms with Crippen LogP contribution in [0.1, 0.15) is 0 Å². The first-order chi connectivity index (χ1) is 10.4. The molecule has 4 rings (SSSR count). The van der Waals surface area contributed by atoms with E-state index in [4.69, 9.17) is 4.74 Å². The van der Waals surface area contributed by atoms with Gasteiger partial charge in [-0.2, -0.15) is 0 Å². The first-order valence-electron chi connectivity index (χ1n) is 6.58. The number of hydrogen-bond acceptors (Lipinski definition) is 4. The summed E-state index contributed by atoms with van der Waals surface area (Å²) in [6, 6.07) is 10.0. The van der Waals surface area contributed by atoms with Crippen LogP contribution in [0.15, 0.2) is 55.1 Å². The highest BCUT2D eigenvalue weighted by Gasteiger charge is 2.13. The molecule has 0 aliphatic heterocycles. The molecule has 0 aliphatic carbocycles. The Bertz CT molecular complexity index is 945. The monoisotopic (exact) mass is 276 g/mol. The second kappa shape index (κ2) is 4.56. The highest BCUT2D eigenvalue weighted by atomic mass is 16.5. The predicted molar refractivity (Wildman–Crippen MR) is 80.3 cm³/mol. The van der Waals surface area contributed by atoms with E-state index in [9.17, 15) is 0 Å². The van der Waals surface area contributed by atoms with Crippen LogP contribution in [-0.4, -0.2) is 26.5 Å². The number of methoxy groups -OCH3 is 1. The van der Waals surface area contributed by atoms with Gasteiger partial charge in [0.15, 0.2) is 5.65 Å². The molecule has 1 aromatic carbocycles. The van der Waals surface area contributed by atoms with Gasteiger partial charge in [0.05, 0.1) is 36.3 Å². The summed E-state index contributed by atoms with van der Waals surface area (Å²) in [5.74, 6) is 0.590. The van der Waals surface area contributed by atoms with Crippen LogP contribution in [0.4, 0.5) is 0 Å². The minimum absolute atomic E-state index is 0.590. The molecule has 0 radical (unpaired) electrons. The molecule has 4 aromatic rings. The van der Waals surface area contributed by atoms with Crippen LogP contribution in [0.2, 0.25) is 0 Å². The summed E-state index contributed by atoms with van der Waals surface area (Å²) in [5.41, 5.74) is 3.55. The molecular formula is C16H12N4O. The van der Waals surface area contributed by atoms with Crippen LogP contribution >= 0.6 is 0 Å². The molecule has 0 aliphatic rings. The molecule has 5 nitrogen and oxygen atoms in total. The second-order valence-electron chi connectivity index (χ2n) is 4.69. The molecule has 0 fully saturated rings. The Morgan fingerprint density at radius 3 is 2.95 bits per heavy atom. The standard InChI is InChI=1S/C16H12N4O/c1-21-16-12(8-11-4-2-3-5-13(11)19-16)14-9-18-15-10-17-6-7-20(14)15/h2-10H,1H3. The van der Waals surface area contributed by atoms with E-state index < -0.39 is 0 Å². The third-order valence-electron chi connectivity index (χ3n) is 3.48. The van der Waals surface area contributed by atoms with Crippen molar-refractivity contribution in [2.45, 2.75) is 0 Å². The van der Waals surface area contributed by atoms with Crippen molar-refractivity contribution in [3.05, 3.63) is 55.1 Å². The van der Waals surface area contributed by atoms with Gasteiger partial charge in [-0.3, -0.25) is 9.38 Å². The van der Waals surface area contributed by atoms with E-state index in [-0.39, 0.29) is 0 Å². The Morgan fingerprint density at radius 2 is 2.05 bits per heavy atom. The Hall–Kier alpha value is -2.95. The van der Waals surface area contributed by atoms with Crippen molar-refractivity contribution in [1.29, 1.82) is 0 Å². The normalized spacial score (nSPS) is 11.1. The number of rotatable bonds is 2. The summed E-state index contributed by atoms with van der Waals surface area (Å²) < 4.78 is 7.43. The van der Waals surface area contributed by atoms with Crippen molar-refractivity contribution in [1.82, 2.24) is 19.4 Å². The maximum Gasteiger partial charge on any atom is 0.223 e. The number of pyridine rings is 1. The number of nitrogens with zero attached hydrogens (tertiary/aromatic N) is 4. The Labute approximate surface area is 120 Å². The van der Waals surface area contributed by atoms with Crippen molar-refractivity contribution < 1.29 is 4.74 Å². The first kappa shape index (κ1) is 11.8. The molecule has 21 heavy (non-hydrogen) atoms. The molecule has 5 heteroatoms. The Morgan fingerprint density at radius 1 is 1.14 bits per heavy atom. The van der Waals surface area contributed by atoms with E-state index in [1.54, 1.807) is 19.5 Å². The van der Waals surface area contributed by atoms with Gasteiger partial charge in [0.1, 0.15) is 0 Å². The number of para-hydroxylation sites is 1. The van der Waals surface area contributed by atoms with Gasteiger partial charge in [0.25, 0.3) is 0 Å². The smallest absolute Gasteiger partial charge is 0.223 e. The maximum atomic E-state index is 5.46. The van der Waals surface area contributed by atoms with Gasteiger partial charge >= 0.3 is 0 Å². The number of ether oxygens (including phenoxy) is 1. The fourth-order valence-electron chi connectivity index (χ4n) is 2.48. The van der Waals surface area contributed by atoms with E-state index in [2.05, 4.69) is 21.0 Å². The fourth-order valence-corrected chi connectivity index (χ4v) is 2.48. The van der Waals surface area contributed by atoms with Crippen LogP contribution in [0.5, 0.6) is 5.88 Å². The summed E-state index contributed by atoms with van der Waals surface area (Å²) >= 11 is 0. The summed E-state index contributed by atoms with van der Waals surface area (Å²) in [4.78, 5) is 13.0. The van der Waals surface area contributed by atoms with E-state index >= 15 is 0 Å². The number of benzene rings is 1. The summed E-state index contributed by atoms with van der Waals surface area (Å²) in [6.07, 6.45) is 7.15. The molecule has 0 spiro atoms. The maximum absolute atomic E-state index is 5.46. The van der Waals surface area contributed by atoms with Gasteiger partial charge in [0, 0.05) is 17.8 Å². The SMILES string of the molecule is COc1nc2ccccc2cc1-c1cnc2cnccn12. The highest BCUT2D eigenvalue weighted by molar-refractivity contribution is 5.85. The lowest BCUT2D eigenvalue weighted by molar-refractivity contribution is 0.401. The van der Waals surface area contributed by atoms with Crippen LogP contribution in [0.3, 0.4) is 0 Å². The molecule has 0 saturated carbocycles. The molecule has 0 unspecified atom stereocenters. The average molecular weight is 276 g/mol. The number of fused-ring (bicyclic) bond motifs is 2. The quantitative estimate of drug-likeness (QED) is 0.565. The molecular weight excluding hydrogens is 264 g/mol. The highest BCUT2D eigenvalue weighted by Crippen LogP contribution is 2.31. The summed E-state index contributed by atoms with van der Waals surface area (Å²) in [6.45, 7) is 0. The van der Waals surface area contributed by atoms with Crippen LogP contribution in [0, 0.1) is 0 Å². The van der Waals surface area contributed by atoms with Crippen molar-refractivity contribution >= 4 is 16.6 Å². The minimum Gasteiger partial charge on any atom is -0.480 e. The first-order valence-corrected chi connectivity index (χ1v) is 6.58. The summed E-state index contributed by atoms with van der Waals surface area (Å²) in [7, 11) is 1.63. The number of imidazole rings is 1. The zero-order valence-corrected chi connectivity index (χ0v) is 11.4. The lowest BCUT2D eigenvalue weighted by atomic mass is 10.1. The molecule has 102 valence electrons. The van der Waals surface area contributed by atoms with Crippen LogP contribution < -0.4 is 4.74 Å². The van der Waals surface area contributed by atoms with Gasteiger partial charge < -0.3 is 4.74 Å². The van der Waals surface area contributed by atoms with Crippen LogP contribution in [0.25, 0.3) is 27.8 Å². The van der Waals surface area contributed by atoms with Gasteiger partial charge in [0.2, 0.25) is 5.88 Å². The van der Waals surface area contributed by atoms with E-state index in [1.165, 1.54) is 0 Å². The summed E-state index contributed by atoms with van der Waals surface area (Å²) in [5, 5.41) is 1.07. The third-order valence-corrected chi connectivity index (χ3v) is 3.48. The topological polar surface area (TPSA) is 52.3 Å². The minimum atomic E-state index is 0.590. The van der Waals surface area contributed by atoms with Gasteiger partial charge in [-0.1, -0.05) is 18.2 Å². The Balaban J connectivity index is 2.04. The van der Waals surface area contributed by atoms with Gasteiger partial charge in [-0.15, -0.1) is 0 Å². The van der Waals surface area contributed by atoms with E-state index in [0.717, 1.165) is 27.8 Å². The number of aromatic nitrogens is 4.